The quantitative estimate of drug-likeness (QED) is 0.906. The Morgan fingerprint density at radius 2 is 2.18 bits per heavy atom. The predicted octanol–water partition coefficient (Wildman–Crippen LogP) is 3.64. The molecule has 1 aromatic rings. The minimum absolute atomic E-state index is 0.150. The molecule has 1 amide bonds. The zero-order chi connectivity index (χ0) is 12.4. The van der Waals surface area contributed by atoms with Crippen molar-refractivity contribution in [3.8, 4) is 0 Å². The van der Waals surface area contributed by atoms with Crippen LogP contribution in [0.4, 0.5) is 0 Å². The second-order valence-electron chi connectivity index (χ2n) is 4.43. The van der Waals surface area contributed by atoms with E-state index in [1.165, 1.54) is 0 Å². The van der Waals surface area contributed by atoms with Crippen LogP contribution >= 0.6 is 15.9 Å². The zero-order valence-electron chi connectivity index (χ0n) is 10.1. The molecule has 0 unspecified atom stereocenters. The Kier molecular flexibility index (Phi) is 3.67. The van der Waals surface area contributed by atoms with Crippen LogP contribution in [0.2, 0.25) is 0 Å². The van der Waals surface area contributed by atoms with Gasteiger partial charge in [-0.15, -0.1) is 0 Å². The van der Waals surface area contributed by atoms with Gasteiger partial charge in [-0.3, -0.25) is 4.79 Å². The SMILES string of the molecule is C/C=C(/NC(=O)C1CC1)c1cc(Br)ccc1C. The average molecular weight is 294 g/mol. The Morgan fingerprint density at radius 1 is 1.47 bits per heavy atom. The van der Waals surface area contributed by atoms with Crippen LogP contribution in [0.15, 0.2) is 28.7 Å². The van der Waals surface area contributed by atoms with E-state index < -0.39 is 0 Å². The molecule has 0 spiro atoms. The number of carbonyl (C=O) groups excluding carboxylic acids is 1. The third-order valence-electron chi connectivity index (χ3n) is 2.98. The standard InChI is InChI=1S/C14H16BrNO/c1-3-13(16-14(17)10-5-6-10)12-8-11(15)7-4-9(12)2/h3-4,7-8,10H,5-6H2,1-2H3,(H,16,17)/b13-3+. The van der Waals surface area contributed by atoms with Crippen LogP contribution < -0.4 is 5.32 Å². The maximum Gasteiger partial charge on any atom is 0.227 e. The van der Waals surface area contributed by atoms with Crippen LogP contribution in [0.1, 0.15) is 30.9 Å². The Bertz CT molecular complexity index is 475. The van der Waals surface area contributed by atoms with Gasteiger partial charge in [-0.25, -0.2) is 0 Å². The molecule has 1 aromatic carbocycles. The highest BCUT2D eigenvalue weighted by atomic mass is 79.9. The summed E-state index contributed by atoms with van der Waals surface area (Å²) in [6, 6.07) is 6.10. The molecule has 3 heteroatoms. The summed E-state index contributed by atoms with van der Waals surface area (Å²) >= 11 is 3.46. The number of allylic oxidation sites excluding steroid dienone is 1. The summed E-state index contributed by atoms with van der Waals surface area (Å²) in [6.45, 7) is 4.00. The molecule has 0 aromatic heterocycles. The van der Waals surface area contributed by atoms with E-state index in [9.17, 15) is 4.79 Å². The fourth-order valence-electron chi connectivity index (χ4n) is 1.76. The summed E-state index contributed by atoms with van der Waals surface area (Å²) in [7, 11) is 0. The van der Waals surface area contributed by atoms with E-state index >= 15 is 0 Å². The number of rotatable bonds is 3. The number of halogens is 1. The highest BCUT2D eigenvalue weighted by Gasteiger charge is 2.30. The van der Waals surface area contributed by atoms with E-state index in [0.29, 0.717) is 0 Å². The van der Waals surface area contributed by atoms with Crippen LogP contribution in [0.3, 0.4) is 0 Å². The van der Waals surface area contributed by atoms with E-state index in [1.807, 2.05) is 31.2 Å². The first kappa shape index (κ1) is 12.4. The maximum atomic E-state index is 11.8. The van der Waals surface area contributed by atoms with Gasteiger partial charge in [-0.05, 0) is 44.4 Å². The molecular weight excluding hydrogens is 278 g/mol. The van der Waals surface area contributed by atoms with Crippen molar-refractivity contribution in [1.29, 1.82) is 0 Å². The summed E-state index contributed by atoms with van der Waals surface area (Å²) in [5.74, 6) is 0.384. The molecule has 1 fully saturated rings. The van der Waals surface area contributed by atoms with Gasteiger partial charge in [-0.1, -0.05) is 28.1 Å². The number of benzene rings is 1. The van der Waals surface area contributed by atoms with Crippen LogP contribution in [-0.4, -0.2) is 5.91 Å². The van der Waals surface area contributed by atoms with E-state index in [-0.39, 0.29) is 11.8 Å². The van der Waals surface area contributed by atoms with E-state index in [2.05, 4.69) is 28.2 Å². The van der Waals surface area contributed by atoms with Crippen LogP contribution in [0.25, 0.3) is 5.70 Å². The molecule has 2 rings (SSSR count). The maximum absolute atomic E-state index is 11.8. The largest absolute Gasteiger partial charge is 0.326 e. The van der Waals surface area contributed by atoms with Crippen molar-refractivity contribution in [1.82, 2.24) is 5.32 Å². The molecule has 1 saturated carbocycles. The Balaban J connectivity index is 2.22. The number of carbonyl (C=O) groups is 1. The first-order valence-electron chi connectivity index (χ1n) is 5.85. The molecule has 0 aliphatic heterocycles. The highest BCUT2D eigenvalue weighted by Crippen LogP contribution is 2.30. The van der Waals surface area contributed by atoms with Crippen LogP contribution in [-0.2, 0) is 4.79 Å². The molecular formula is C14H16BrNO. The van der Waals surface area contributed by atoms with Gasteiger partial charge in [0.15, 0.2) is 0 Å². The summed E-state index contributed by atoms with van der Waals surface area (Å²) in [6.07, 6.45) is 4.01. The lowest BCUT2D eigenvalue weighted by atomic mass is 10.1. The zero-order valence-corrected chi connectivity index (χ0v) is 11.7. The first-order valence-corrected chi connectivity index (χ1v) is 6.65. The number of nitrogens with one attached hydrogen (secondary N) is 1. The Hall–Kier alpha value is -1.09. The first-order chi connectivity index (χ1) is 8.11. The van der Waals surface area contributed by atoms with Gasteiger partial charge in [0.1, 0.15) is 0 Å². The normalized spacial score (nSPS) is 15.8. The van der Waals surface area contributed by atoms with Gasteiger partial charge in [0.25, 0.3) is 0 Å². The molecule has 1 aliphatic rings. The van der Waals surface area contributed by atoms with Crippen molar-refractivity contribution in [3.05, 3.63) is 39.9 Å². The van der Waals surface area contributed by atoms with Gasteiger partial charge < -0.3 is 5.32 Å². The third kappa shape index (κ3) is 2.97. The average Bonchev–Trinajstić information content (AvgIpc) is 3.13. The van der Waals surface area contributed by atoms with Gasteiger partial charge in [0.2, 0.25) is 5.91 Å². The van der Waals surface area contributed by atoms with Crippen LogP contribution in [0.5, 0.6) is 0 Å². The molecule has 0 heterocycles. The lowest BCUT2D eigenvalue weighted by molar-refractivity contribution is -0.121. The number of hydrogen-bond donors (Lipinski definition) is 1. The van der Waals surface area contributed by atoms with Crippen LogP contribution in [0, 0.1) is 12.8 Å². The van der Waals surface area contributed by atoms with Gasteiger partial charge in [0.05, 0.1) is 0 Å². The van der Waals surface area contributed by atoms with Crippen molar-refractivity contribution in [2.75, 3.05) is 0 Å². The van der Waals surface area contributed by atoms with Crippen molar-refractivity contribution >= 4 is 27.5 Å². The number of amides is 1. The monoisotopic (exact) mass is 293 g/mol. The third-order valence-corrected chi connectivity index (χ3v) is 3.48. The molecule has 0 bridgehead atoms. The Morgan fingerprint density at radius 3 is 2.76 bits per heavy atom. The molecule has 0 atom stereocenters. The summed E-state index contributed by atoms with van der Waals surface area (Å²) < 4.78 is 1.03. The minimum atomic E-state index is 0.150. The van der Waals surface area contributed by atoms with Crippen molar-refractivity contribution in [2.45, 2.75) is 26.7 Å². The molecule has 0 saturated heterocycles. The second kappa shape index (κ2) is 5.05. The molecule has 1 N–H and O–H groups in total. The van der Waals surface area contributed by atoms with Gasteiger partial charge in [0, 0.05) is 21.7 Å². The molecule has 1 aliphatic carbocycles. The fraction of sp³-hybridized carbons (Fsp3) is 0.357. The van der Waals surface area contributed by atoms with E-state index in [0.717, 1.165) is 34.1 Å². The lowest BCUT2D eigenvalue weighted by Crippen LogP contribution is -2.23. The molecule has 0 radical (unpaired) electrons. The van der Waals surface area contributed by atoms with Crippen molar-refractivity contribution in [2.24, 2.45) is 5.92 Å². The molecule has 90 valence electrons. The van der Waals surface area contributed by atoms with E-state index in [4.69, 9.17) is 0 Å². The second-order valence-corrected chi connectivity index (χ2v) is 5.34. The highest BCUT2D eigenvalue weighted by molar-refractivity contribution is 9.10. The molecule has 17 heavy (non-hydrogen) atoms. The Labute approximate surface area is 110 Å². The minimum Gasteiger partial charge on any atom is -0.326 e. The van der Waals surface area contributed by atoms with E-state index in [1.54, 1.807) is 0 Å². The lowest BCUT2D eigenvalue weighted by Gasteiger charge is -2.12. The van der Waals surface area contributed by atoms with Crippen molar-refractivity contribution in [3.63, 3.8) is 0 Å². The fourth-order valence-corrected chi connectivity index (χ4v) is 2.12. The number of aryl methyl sites for hydroxylation is 1. The van der Waals surface area contributed by atoms with Gasteiger partial charge >= 0.3 is 0 Å². The van der Waals surface area contributed by atoms with Crippen molar-refractivity contribution < 1.29 is 4.79 Å². The van der Waals surface area contributed by atoms with Gasteiger partial charge in [-0.2, -0.15) is 0 Å². The summed E-state index contributed by atoms with van der Waals surface area (Å²) in [4.78, 5) is 11.8. The smallest absolute Gasteiger partial charge is 0.227 e. The topological polar surface area (TPSA) is 29.1 Å². The summed E-state index contributed by atoms with van der Waals surface area (Å²) in [5, 5.41) is 3.01. The predicted molar refractivity (Wildman–Crippen MR) is 73.4 cm³/mol. The summed E-state index contributed by atoms with van der Waals surface area (Å²) in [5.41, 5.74) is 3.15. The molecule has 2 nitrogen and oxygen atoms in total. The number of hydrogen-bond acceptors (Lipinski definition) is 1.